The van der Waals surface area contributed by atoms with Crippen LogP contribution in [-0.4, -0.2) is 38.6 Å². The van der Waals surface area contributed by atoms with Crippen LogP contribution in [0.1, 0.15) is 50.4 Å². The lowest BCUT2D eigenvalue weighted by Crippen LogP contribution is -2.62. The highest BCUT2D eigenvalue weighted by molar-refractivity contribution is 5.99. The average molecular weight is 413 g/mol. The second-order valence-corrected chi connectivity index (χ2v) is 8.63. The Labute approximate surface area is 165 Å². The van der Waals surface area contributed by atoms with Gasteiger partial charge in [-0.05, 0) is 42.7 Å². The molecule has 0 bridgehead atoms. The van der Waals surface area contributed by atoms with E-state index in [9.17, 15) is 33.2 Å². The number of hydrazone groups is 1. The van der Waals surface area contributed by atoms with Crippen LogP contribution in [-0.2, 0) is 0 Å². The third-order valence-corrected chi connectivity index (χ3v) is 5.87. The van der Waals surface area contributed by atoms with Gasteiger partial charge in [-0.3, -0.25) is 14.9 Å². The number of nitrogens with zero attached hydrogens (tertiary/aromatic N) is 3. The molecule has 2 aliphatic rings. The molecule has 0 spiro atoms. The molecule has 1 aliphatic carbocycles. The summed E-state index contributed by atoms with van der Waals surface area (Å²) < 4.78 is 42.1. The smallest absolute Gasteiger partial charge is 0.362 e. The standard InChI is InChI=1S/C19H22F3N3O4/c1-17(2,3)12-6-9-15-14(10-12)18(27,19(20,21)22)24(23-15)16(26)11-4-7-13(8-5-11)25(28)29/h4-5,7-8,12,14,27H,6,9-10H2,1-3H3/t12-,14+,18-/m1/s1. The van der Waals surface area contributed by atoms with E-state index in [1.807, 2.05) is 20.8 Å². The van der Waals surface area contributed by atoms with E-state index in [0.29, 0.717) is 6.42 Å². The maximum Gasteiger partial charge on any atom is 0.439 e. The summed E-state index contributed by atoms with van der Waals surface area (Å²) in [6, 6.07) is 4.15. The van der Waals surface area contributed by atoms with Gasteiger partial charge in [0.05, 0.1) is 10.8 Å². The van der Waals surface area contributed by atoms with E-state index in [-0.39, 0.29) is 46.1 Å². The van der Waals surface area contributed by atoms with Crippen LogP contribution in [0.3, 0.4) is 0 Å². The molecule has 158 valence electrons. The number of rotatable bonds is 2. The number of aliphatic hydroxyl groups is 1. The van der Waals surface area contributed by atoms with Gasteiger partial charge < -0.3 is 5.11 Å². The highest BCUT2D eigenvalue weighted by Gasteiger charge is 2.69. The van der Waals surface area contributed by atoms with Crippen molar-refractivity contribution in [3.05, 3.63) is 39.9 Å². The Morgan fingerprint density at radius 2 is 1.86 bits per heavy atom. The normalized spacial score (nSPS) is 27.4. The van der Waals surface area contributed by atoms with E-state index >= 15 is 0 Å². The van der Waals surface area contributed by atoms with Crippen molar-refractivity contribution >= 4 is 17.3 Å². The molecule has 0 aromatic heterocycles. The number of nitro benzene ring substituents is 1. The second kappa shape index (κ2) is 6.79. The summed E-state index contributed by atoms with van der Waals surface area (Å²) in [6.07, 6.45) is -4.19. The van der Waals surface area contributed by atoms with E-state index in [2.05, 4.69) is 5.10 Å². The molecule has 0 radical (unpaired) electrons. The molecule has 1 amide bonds. The van der Waals surface area contributed by atoms with Crippen molar-refractivity contribution in [2.24, 2.45) is 22.4 Å². The van der Waals surface area contributed by atoms with Crippen LogP contribution in [0.4, 0.5) is 18.9 Å². The summed E-state index contributed by atoms with van der Waals surface area (Å²) in [5.74, 6) is -2.58. The zero-order chi connectivity index (χ0) is 21.8. The van der Waals surface area contributed by atoms with Crippen LogP contribution >= 0.6 is 0 Å². The number of nitro groups is 1. The van der Waals surface area contributed by atoms with Crippen LogP contribution in [0.5, 0.6) is 0 Å². The molecule has 7 nitrogen and oxygen atoms in total. The Hall–Kier alpha value is -2.49. The summed E-state index contributed by atoms with van der Waals surface area (Å²) in [5.41, 5.74) is -4.09. The summed E-state index contributed by atoms with van der Waals surface area (Å²) in [7, 11) is 0. The number of non-ortho nitro benzene ring substituents is 1. The largest absolute Gasteiger partial charge is 0.439 e. The number of amides is 1. The lowest BCUT2D eigenvalue weighted by Gasteiger charge is -2.42. The van der Waals surface area contributed by atoms with Gasteiger partial charge >= 0.3 is 6.18 Å². The van der Waals surface area contributed by atoms with Gasteiger partial charge in [-0.15, -0.1) is 0 Å². The number of fused-ring (bicyclic) bond motifs is 1. The molecule has 1 aliphatic heterocycles. The lowest BCUT2D eigenvalue weighted by atomic mass is 9.66. The van der Waals surface area contributed by atoms with Gasteiger partial charge in [0.25, 0.3) is 17.3 Å². The van der Waals surface area contributed by atoms with E-state index in [1.54, 1.807) is 0 Å². The monoisotopic (exact) mass is 413 g/mol. The van der Waals surface area contributed by atoms with Crippen molar-refractivity contribution in [3.8, 4) is 0 Å². The third-order valence-electron chi connectivity index (χ3n) is 5.87. The fourth-order valence-electron chi connectivity index (χ4n) is 4.06. The summed E-state index contributed by atoms with van der Waals surface area (Å²) in [4.78, 5) is 22.9. The van der Waals surface area contributed by atoms with Crippen molar-refractivity contribution < 1.29 is 28.0 Å². The SMILES string of the molecule is CC(C)(C)[C@@H]1CCC2=NN(C(=O)c3ccc([N+](=O)[O-])cc3)[C@](O)(C(F)(F)F)[C@H]2C1. The Morgan fingerprint density at radius 3 is 2.34 bits per heavy atom. The molecular formula is C19H22F3N3O4. The van der Waals surface area contributed by atoms with Gasteiger partial charge in [0, 0.05) is 23.4 Å². The Bertz CT molecular complexity index is 861. The molecule has 3 rings (SSSR count). The molecule has 1 N–H and O–H groups in total. The van der Waals surface area contributed by atoms with Gasteiger partial charge in [0.1, 0.15) is 0 Å². The fraction of sp³-hybridized carbons (Fsp3) is 0.579. The summed E-state index contributed by atoms with van der Waals surface area (Å²) in [6.45, 7) is 5.80. The molecule has 1 heterocycles. The van der Waals surface area contributed by atoms with Crippen molar-refractivity contribution in [2.45, 2.75) is 51.9 Å². The number of carbonyl (C=O) groups excluding carboxylic acids is 1. The first-order valence-electron chi connectivity index (χ1n) is 9.22. The van der Waals surface area contributed by atoms with Crippen molar-refractivity contribution in [1.29, 1.82) is 0 Å². The molecule has 0 saturated heterocycles. The molecule has 3 atom stereocenters. The molecular weight excluding hydrogens is 391 g/mol. The molecule has 1 aromatic rings. The number of alkyl halides is 3. The zero-order valence-electron chi connectivity index (χ0n) is 16.2. The summed E-state index contributed by atoms with van der Waals surface area (Å²) >= 11 is 0. The number of hydrogen-bond donors (Lipinski definition) is 1. The Kier molecular flexibility index (Phi) is 4.97. The molecule has 1 aromatic carbocycles. The first-order valence-corrected chi connectivity index (χ1v) is 9.22. The number of benzene rings is 1. The molecule has 10 heteroatoms. The van der Waals surface area contributed by atoms with Crippen LogP contribution < -0.4 is 0 Å². The average Bonchev–Trinajstić information content (AvgIpc) is 2.94. The number of carbonyl (C=O) groups is 1. The van der Waals surface area contributed by atoms with Crippen molar-refractivity contribution in [3.63, 3.8) is 0 Å². The quantitative estimate of drug-likeness (QED) is 0.583. The predicted octanol–water partition coefficient (Wildman–Crippen LogP) is 4.12. The van der Waals surface area contributed by atoms with Crippen molar-refractivity contribution in [1.82, 2.24) is 5.01 Å². The van der Waals surface area contributed by atoms with Gasteiger partial charge in [0.15, 0.2) is 0 Å². The zero-order valence-corrected chi connectivity index (χ0v) is 16.2. The maximum absolute atomic E-state index is 14.0. The predicted molar refractivity (Wildman–Crippen MR) is 98.0 cm³/mol. The maximum atomic E-state index is 14.0. The van der Waals surface area contributed by atoms with Gasteiger partial charge in [0.2, 0.25) is 0 Å². The number of halogens is 3. The summed E-state index contributed by atoms with van der Waals surface area (Å²) in [5, 5.41) is 25.5. The molecule has 1 fully saturated rings. The molecule has 0 unspecified atom stereocenters. The van der Waals surface area contributed by atoms with E-state index in [4.69, 9.17) is 0 Å². The van der Waals surface area contributed by atoms with Gasteiger partial charge in [-0.2, -0.15) is 23.3 Å². The van der Waals surface area contributed by atoms with Crippen LogP contribution in [0, 0.1) is 27.4 Å². The minimum Gasteiger partial charge on any atom is -0.362 e. The van der Waals surface area contributed by atoms with Crippen molar-refractivity contribution in [2.75, 3.05) is 0 Å². The minimum absolute atomic E-state index is 0.0579. The van der Waals surface area contributed by atoms with Crippen LogP contribution in [0.25, 0.3) is 0 Å². The number of hydrogen-bond acceptors (Lipinski definition) is 5. The first kappa shape index (κ1) is 21.2. The highest BCUT2D eigenvalue weighted by atomic mass is 19.4. The van der Waals surface area contributed by atoms with Gasteiger partial charge in [-0.25, -0.2) is 0 Å². The van der Waals surface area contributed by atoms with E-state index in [0.717, 1.165) is 24.3 Å². The lowest BCUT2D eigenvalue weighted by molar-refractivity contribution is -0.384. The second-order valence-electron chi connectivity index (χ2n) is 8.63. The first-order chi connectivity index (χ1) is 13.3. The highest BCUT2D eigenvalue weighted by Crippen LogP contribution is 2.52. The Balaban J connectivity index is 1.99. The van der Waals surface area contributed by atoms with Crippen LogP contribution in [0.2, 0.25) is 0 Å². The van der Waals surface area contributed by atoms with E-state index < -0.39 is 28.6 Å². The van der Waals surface area contributed by atoms with E-state index in [1.165, 1.54) is 0 Å². The third kappa shape index (κ3) is 3.50. The minimum atomic E-state index is -5.13. The van der Waals surface area contributed by atoms with Crippen LogP contribution in [0.15, 0.2) is 29.4 Å². The molecule has 29 heavy (non-hydrogen) atoms. The topological polar surface area (TPSA) is 96.0 Å². The Morgan fingerprint density at radius 1 is 1.28 bits per heavy atom. The van der Waals surface area contributed by atoms with Gasteiger partial charge in [-0.1, -0.05) is 20.8 Å². The molecule has 1 saturated carbocycles. The fourth-order valence-corrected chi connectivity index (χ4v) is 4.06.